The second kappa shape index (κ2) is 6.58. The summed E-state index contributed by atoms with van der Waals surface area (Å²) in [5.74, 6) is -0.717. The summed E-state index contributed by atoms with van der Waals surface area (Å²) in [6, 6.07) is 4.98. The van der Waals surface area contributed by atoms with E-state index in [1.807, 2.05) is 0 Å². The summed E-state index contributed by atoms with van der Waals surface area (Å²) >= 11 is 9.02. The van der Waals surface area contributed by atoms with Gasteiger partial charge in [0.05, 0.1) is 18.8 Å². The van der Waals surface area contributed by atoms with Gasteiger partial charge in [-0.25, -0.2) is 0 Å². The van der Waals surface area contributed by atoms with Crippen molar-refractivity contribution in [2.45, 2.75) is 0 Å². The highest BCUT2D eigenvalue weighted by atomic mass is 79.9. The molecule has 0 spiro atoms. The molecule has 5 nitrogen and oxygen atoms in total. The first kappa shape index (κ1) is 14.0. The van der Waals surface area contributed by atoms with E-state index < -0.39 is 0 Å². The number of hydrogen-bond acceptors (Lipinski definition) is 3. The van der Waals surface area contributed by atoms with Gasteiger partial charge in [-0.15, -0.1) is 0 Å². The fourth-order valence-corrected chi connectivity index (χ4v) is 1.82. The zero-order chi connectivity index (χ0) is 12.8. The summed E-state index contributed by atoms with van der Waals surface area (Å²) in [5, 5.41) is 5.54. The first-order valence-corrected chi connectivity index (χ1v) is 5.91. The summed E-state index contributed by atoms with van der Waals surface area (Å²) in [7, 11) is 0. The lowest BCUT2D eigenvalue weighted by Crippen LogP contribution is -2.36. The van der Waals surface area contributed by atoms with Gasteiger partial charge in [-0.05, 0) is 34.1 Å². The Morgan fingerprint density at radius 1 is 1.35 bits per heavy atom. The van der Waals surface area contributed by atoms with Crippen molar-refractivity contribution in [2.75, 3.05) is 18.4 Å². The smallest absolute Gasteiger partial charge is 0.243 e. The van der Waals surface area contributed by atoms with Gasteiger partial charge < -0.3 is 16.4 Å². The number of benzene rings is 1. The molecule has 92 valence electrons. The molecule has 0 unspecified atom stereocenters. The number of hydrogen-bond donors (Lipinski definition) is 3. The van der Waals surface area contributed by atoms with E-state index in [2.05, 4.69) is 26.6 Å². The van der Waals surface area contributed by atoms with Gasteiger partial charge in [0.25, 0.3) is 0 Å². The Kier molecular flexibility index (Phi) is 5.40. The quantitative estimate of drug-likeness (QED) is 0.777. The summed E-state index contributed by atoms with van der Waals surface area (Å²) in [5.41, 5.74) is 5.67. The van der Waals surface area contributed by atoms with Gasteiger partial charge in [0.15, 0.2) is 0 Å². The van der Waals surface area contributed by atoms with Crippen LogP contribution in [0.3, 0.4) is 0 Å². The second-order valence-electron chi connectivity index (χ2n) is 3.15. The lowest BCUT2D eigenvalue weighted by atomic mass is 10.3. The minimum absolute atomic E-state index is 0.120. The topological polar surface area (TPSA) is 84.2 Å². The van der Waals surface area contributed by atoms with Crippen molar-refractivity contribution in [1.29, 1.82) is 0 Å². The van der Waals surface area contributed by atoms with Gasteiger partial charge in [-0.3, -0.25) is 9.59 Å². The van der Waals surface area contributed by atoms with Crippen molar-refractivity contribution in [3.05, 3.63) is 27.7 Å². The Balaban J connectivity index is 2.53. The molecule has 1 aromatic carbocycles. The van der Waals surface area contributed by atoms with E-state index in [4.69, 9.17) is 17.3 Å². The zero-order valence-electron chi connectivity index (χ0n) is 8.80. The molecular weight excluding hydrogens is 309 g/mol. The van der Waals surface area contributed by atoms with E-state index in [9.17, 15) is 9.59 Å². The molecule has 0 aliphatic heterocycles. The molecule has 17 heavy (non-hydrogen) atoms. The van der Waals surface area contributed by atoms with Crippen LogP contribution in [0.4, 0.5) is 5.69 Å². The average molecular weight is 321 g/mol. The minimum Gasteiger partial charge on any atom is -0.346 e. The maximum absolute atomic E-state index is 11.4. The maximum atomic E-state index is 11.4. The van der Waals surface area contributed by atoms with Crippen LogP contribution >= 0.6 is 27.5 Å². The predicted molar refractivity (Wildman–Crippen MR) is 69.8 cm³/mol. The zero-order valence-corrected chi connectivity index (χ0v) is 11.1. The Bertz CT molecular complexity index is 440. The molecule has 7 heteroatoms. The van der Waals surface area contributed by atoms with Gasteiger partial charge in [0.2, 0.25) is 11.8 Å². The molecule has 2 amide bonds. The van der Waals surface area contributed by atoms with Crippen LogP contribution in [0.5, 0.6) is 0 Å². The maximum Gasteiger partial charge on any atom is 0.243 e. The van der Waals surface area contributed by atoms with E-state index in [1.165, 1.54) is 0 Å². The van der Waals surface area contributed by atoms with Crippen LogP contribution in [0.2, 0.25) is 5.02 Å². The van der Waals surface area contributed by atoms with E-state index in [-0.39, 0.29) is 24.9 Å². The normalized spacial score (nSPS) is 9.82. The highest BCUT2D eigenvalue weighted by Gasteiger charge is 2.07. The molecule has 0 aliphatic rings. The molecule has 0 aromatic heterocycles. The highest BCUT2D eigenvalue weighted by molar-refractivity contribution is 9.10. The summed E-state index contributed by atoms with van der Waals surface area (Å²) in [6.07, 6.45) is 0. The summed E-state index contributed by atoms with van der Waals surface area (Å²) in [6.45, 7) is -0.261. The predicted octanol–water partition coefficient (Wildman–Crippen LogP) is 1.12. The van der Waals surface area contributed by atoms with Crippen LogP contribution in [0.1, 0.15) is 0 Å². The minimum atomic E-state index is -0.379. The number of nitrogens with one attached hydrogen (secondary N) is 2. The van der Waals surface area contributed by atoms with E-state index >= 15 is 0 Å². The molecule has 0 bridgehead atoms. The number of carbonyl (C=O) groups is 2. The first-order valence-electron chi connectivity index (χ1n) is 4.74. The van der Waals surface area contributed by atoms with Crippen LogP contribution in [0, 0.1) is 0 Å². The molecule has 0 atom stereocenters. The van der Waals surface area contributed by atoms with E-state index in [1.54, 1.807) is 18.2 Å². The van der Waals surface area contributed by atoms with Crippen molar-refractivity contribution in [3.8, 4) is 0 Å². The number of amides is 2. The van der Waals surface area contributed by atoms with Crippen molar-refractivity contribution in [2.24, 2.45) is 5.73 Å². The van der Waals surface area contributed by atoms with Crippen molar-refractivity contribution >= 4 is 45.0 Å². The number of anilines is 1. The fourth-order valence-electron chi connectivity index (χ4n) is 1.04. The van der Waals surface area contributed by atoms with Crippen molar-refractivity contribution in [3.63, 3.8) is 0 Å². The third kappa shape index (κ3) is 4.72. The molecule has 1 aromatic rings. The second-order valence-corrected chi connectivity index (χ2v) is 4.44. The summed E-state index contributed by atoms with van der Waals surface area (Å²) in [4.78, 5) is 22.3. The SMILES string of the molecule is NCC(=O)NCC(=O)Nc1ccc(Cl)cc1Br. The van der Waals surface area contributed by atoms with Gasteiger partial charge in [0.1, 0.15) is 0 Å². The number of halogens is 2. The largest absolute Gasteiger partial charge is 0.346 e. The van der Waals surface area contributed by atoms with Crippen LogP contribution in [-0.4, -0.2) is 24.9 Å². The lowest BCUT2D eigenvalue weighted by Gasteiger charge is -2.08. The Morgan fingerprint density at radius 3 is 2.65 bits per heavy atom. The molecule has 0 saturated carbocycles. The van der Waals surface area contributed by atoms with E-state index in [0.717, 1.165) is 0 Å². The number of nitrogens with two attached hydrogens (primary N) is 1. The average Bonchev–Trinajstić information content (AvgIpc) is 2.29. The molecule has 0 heterocycles. The van der Waals surface area contributed by atoms with Gasteiger partial charge in [-0.2, -0.15) is 0 Å². The first-order chi connectivity index (χ1) is 8.02. The van der Waals surface area contributed by atoms with Crippen molar-refractivity contribution < 1.29 is 9.59 Å². The molecule has 4 N–H and O–H groups in total. The summed E-state index contributed by atoms with van der Waals surface area (Å²) < 4.78 is 0.670. The number of rotatable bonds is 4. The third-order valence-corrected chi connectivity index (χ3v) is 2.73. The standard InChI is InChI=1S/C10H11BrClN3O2/c11-7-3-6(12)1-2-8(7)15-10(17)5-14-9(16)4-13/h1-3H,4-5,13H2,(H,14,16)(H,15,17). The molecule has 0 fully saturated rings. The van der Waals surface area contributed by atoms with E-state index in [0.29, 0.717) is 15.2 Å². The van der Waals surface area contributed by atoms with Crippen LogP contribution in [-0.2, 0) is 9.59 Å². The van der Waals surface area contributed by atoms with Gasteiger partial charge >= 0.3 is 0 Å². The monoisotopic (exact) mass is 319 g/mol. The Hall–Kier alpha value is -1.11. The third-order valence-electron chi connectivity index (χ3n) is 1.84. The van der Waals surface area contributed by atoms with Crippen LogP contribution < -0.4 is 16.4 Å². The number of carbonyl (C=O) groups excluding carboxylic acids is 2. The molecule has 0 saturated heterocycles. The highest BCUT2D eigenvalue weighted by Crippen LogP contribution is 2.25. The Morgan fingerprint density at radius 2 is 2.06 bits per heavy atom. The van der Waals surface area contributed by atoms with Gasteiger partial charge in [-0.1, -0.05) is 11.6 Å². The van der Waals surface area contributed by atoms with Gasteiger partial charge in [0, 0.05) is 9.50 Å². The molecule has 0 aliphatic carbocycles. The molecule has 0 radical (unpaired) electrons. The van der Waals surface area contributed by atoms with Crippen LogP contribution in [0.25, 0.3) is 0 Å². The Labute approximate surface area is 112 Å². The van der Waals surface area contributed by atoms with Crippen LogP contribution in [0.15, 0.2) is 22.7 Å². The molecule has 1 rings (SSSR count). The molecular formula is C10H11BrClN3O2. The fraction of sp³-hybridized carbons (Fsp3) is 0.200. The lowest BCUT2D eigenvalue weighted by molar-refractivity contribution is -0.123. The van der Waals surface area contributed by atoms with Crippen molar-refractivity contribution in [1.82, 2.24) is 5.32 Å².